The second kappa shape index (κ2) is 7.05. The van der Waals surface area contributed by atoms with E-state index in [2.05, 4.69) is 10.2 Å². The highest BCUT2D eigenvalue weighted by Crippen LogP contribution is 2.39. The molecule has 1 heterocycles. The van der Waals surface area contributed by atoms with Crippen molar-refractivity contribution in [2.75, 3.05) is 0 Å². The number of halogens is 8. The molecular weight excluding hydrogens is 420 g/mol. The van der Waals surface area contributed by atoms with Gasteiger partial charge in [-0.2, -0.15) is 0 Å². The van der Waals surface area contributed by atoms with Crippen molar-refractivity contribution in [2.45, 2.75) is 0 Å². The highest BCUT2D eigenvalue weighted by molar-refractivity contribution is 6.02. The molecule has 0 radical (unpaired) electrons. The summed E-state index contributed by atoms with van der Waals surface area (Å²) in [5.41, 5.74) is -2.73. The molecule has 0 bridgehead atoms. The van der Waals surface area contributed by atoms with Gasteiger partial charge in [-0.3, -0.25) is 0 Å². The third kappa shape index (κ3) is 2.95. The number of rotatable bonds is 2. The van der Waals surface area contributed by atoms with Gasteiger partial charge >= 0.3 is 0 Å². The van der Waals surface area contributed by atoms with Crippen molar-refractivity contribution in [3.63, 3.8) is 0 Å². The van der Waals surface area contributed by atoms with Gasteiger partial charge in [-0.25, -0.2) is 35.1 Å². The fourth-order valence-corrected chi connectivity index (χ4v) is 3.02. The van der Waals surface area contributed by atoms with Gasteiger partial charge in [0.25, 0.3) is 0 Å². The van der Waals surface area contributed by atoms with Crippen LogP contribution in [0.25, 0.3) is 33.3 Å². The van der Waals surface area contributed by atoms with E-state index in [1.807, 2.05) is 0 Å². The van der Waals surface area contributed by atoms with E-state index >= 15 is 0 Å². The zero-order valence-corrected chi connectivity index (χ0v) is 14.4. The van der Waals surface area contributed by atoms with Gasteiger partial charge in [0.2, 0.25) is 0 Å². The normalized spacial score (nSPS) is 11.3. The lowest BCUT2D eigenvalue weighted by atomic mass is 9.98. The SMILES string of the molecule is Fc1ccc(-c2nnc(-c3ccc(F)cc3F)c3c(F)c(F)c(F)c(F)c23)c(F)c1. The van der Waals surface area contributed by atoms with E-state index in [0.717, 1.165) is 24.3 Å². The van der Waals surface area contributed by atoms with Crippen molar-refractivity contribution in [3.8, 4) is 22.5 Å². The van der Waals surface area contributed by atoms with E-state index in [1.54, 1.807) is 0 Å². The first-order chi connectivity index (χ1) is 14.2. The summed E-state index contributed by atoms with van der Waals surface area (Å²) in [5.74, 6) is -12.9. The monoisotopic (exact) mass is 426 g/mol. The van der Waals surface area contributed by atoms with Gasteiger partial charge < -0.3 is 0 Å². The maximum absolute atomic E-state index is 14.7. The Morgan fingerprint density at radius 1 is 0.467 bits per heavy atom. The maximum atomic E-state index is 14.7. The summed E-state index contributed by atoms with van der Waals surface area (Å²) in [6.45, 7) is 0. The van der Waals surface area contributed by atoms with Crippen LogP contribution in [-0.2, 0) is 0 Å². The lowest BCUT2D eigenvalue weighted by molar-refractivity contribution is 0.418. The summed E-state index contributed by atoms with van der Waals surface area (Å²) in [5, 5.41) is 4.92. The van der Waals surface area contributed by atoms with Gasteiger partial charge in [0, 0.05) is 23.3 Å². The molecule has 0 unspecified atom stereocenters. The Bertz CT molecular complexity index is 1230. The zero-order chi connectivity index (χ0) is 21.7. The molecule has 0 fully saturated rings. The first kappa shape index (κ1) is 19.7. The summed E-state index contributed by atoms with van der Waals surface area (Å²) >= 11 is 0. The fraction of sp³-hybridized carbons (Fsp3) is 0. The molecular formula is C20H6F8N2. The van der Waals surface area contributed by atoms with Gasteiger partial charge in [0.15, 0.2) is 23.3 Å². The molecule has 0 saturated heterocycles. The molecule has 152 valence electrons. The average molecular weight is 426 g/mol. The largest absolute Gasteiger partial charge is 0.207 e. The Morgan fingerprint density at radius 2 is 0.833 bits per heavy atom. The Labute approximate surface area is 162 Å². The van der Waals surface area contributed by atoms with Crippen LogP contribution in [0.15, 0.2) is 36.4 Å². The zero-order valence-electron chi connectivity index (χ0n) is 14.4. The number of aromatic nitrogens is 2. The van der Waals surface area contributed by atoms with Crippen molar-refractivity contribution < 1.29 is 35.1 Å². The topological polar surface area (TPSA) is 25.8 Å². The first-order valence-corrected chi connectivity index (χ1v) is 8.14. The first-order valence-electron chi connectivity index (χ1n) is 8.14. The van der Waals surface area contributed by atoms with Crippen molar-refractivity contribution in [1.29, 1.82) is 0 Å². The van der Waals surface area contributed by atoms with Crippen LogP contribution in [0.1, 0.15) is 0 Å². The van der Waals surface area contributed by atoms with E-state index in [-0.39, 0.29) is 0 Å². The van der Waals surface area contributed by atoms with Gasteiger partial charge in [-0.05, 0) is 24.3 Å². The lowest BCUT2D eigenvalue weighted by Crippen LogP contribution is -2.06. The van der Waals surface area contributed by atoms with E-state index < -0.39 is 79.8 Å². The second-order valence-electron chi connectivity index (χ2n) is 6.15. The van der Waals surface area contributed by atoms with Crippen molar-refractivity contribution in [3.05, 3.63) is 82.9 Å². The Kier molecular flexibility index (Phi) is 4.64. The molecule has 10 heteroatoms. The number of hydrogen-bond donors (Lipinski definition) is 0. The van der Waals surface area contributed by atoms with Crippen LogP contribution in [-0.4, -0.2) is 10.2 Å². The summed E-state index contributed by atoms with van der Waals surface area (Å²) in [4.78, 5) is 0. The summed E-state index contributed by atoms with van der Waals surface area (Å²) < 4.78 is 112. The number of nitrogens with zero attached hydrogens (tertiary/aromatic N) is 2. The van der Waals surface area contributed by atoms with E-state index in [4.69, 9.17) is 0 Å². The minimum atomic E-state index is -2.22. The van der Waals surface area contributed by atoms with Crippen LogP contribution in [0.5, 0.6) is 0 Å². The minimum Gasteiger partial charge on any atom is -0.207 e. The van der Waals surface area contributed by atoms with Gasteiger partial charge in [-0.15, -0.1) is 10.2 Å². The number of fused-ring (bicyclic) bond motifs is 1. The van der Waals surface area contributed by atoms with Gasteiger partial charge in [0.05, 0.1) is 10.8 Å². The number of hydrogen-bond acceptors (Lipinski definition) is 2. The third-order valence-corrected chi connectivity index (χ3v) is 4.36. The van der Waals surface area contributed by atoms with Crippen LogP contribution in [0.2, 0.25) is 0 Å². The molecule has 30 heavy (non-hydrogen) atoms. The van der Waals surface area contributed by atoms with E-state index in [9.17, 15) is 35.1 Å². The molecule has 0 N–H and O–H groups in total. The van der Waals surface area contributed by atoms with Crippen LogP contribution < -0.4 is 0 Å². The molecule has 0 aliphatic heterocycles. The minimum absolute atomic E-state index is 0.407. The molecule has 0 spiro atoms. The highest BCUT2D eigenvalue weighted by atomic mass is 19.2. The highest BCUT2D eigenvalue weighted by Gasteiger charge is 2.29. The quantitative estimate of drug-likeness (QED) is 0.221. The molecule has 0 amide bonds. The second-order valence-corrected chi connectivity index (χ2v) is 6.15. The molecule has 2 nitrogen and oxygen atoms in total. The van der Waals surface area contributed by atoms with Crippen molar-refractivity contribution in [1.82, 2.24) is 10.2 Å². The summed E-state index contributed by atoms with van der Waals surface area (Å²) in [6, 6.07) is 3.98. The standard InChI is InChI=1S/C20H6F8N2/c21-7-1-3-9(11(23)5-7)19-13-14(16(26)18(28)17(27)15(13)25)20(30-29-19)10-4-2-8(22)6-12(10)24/h1-6H. The Balaban J connectivity index is 2.18. The van der Waals surface area contributed by atoms with Gasteiger partial charge in [0.1, 0.15) is 34.7 Å². The summed E-state index contributed by atoms with van der Waals surface area (Å²) in [7, 11) is 0. The molecule has 0 aliphatic carbocycles. The predicted octanol–water partition coefficient (Wildman–Crippen LogP) is 6.08. The smallest absolute Gasteiger partial charge is 0.198 e. The number of benzene rings is 3. The summed E-state index contributed by atoms with van der Waals surface area (Å²) in [6.07, 6.45) is 0. The van der Waals surface area contributed by atoms with Crippen LogP contribution in [0.4, 0.5) is 35.1 Å². The lowest BCUT2D eigenvalue weighted by Gasteiger charge is -2.13. The molecule has 3 aromatic carbocycles. The molecule has 4 rings (SSSR count). The third-order valence-electron chi connectivity index (χ3n) is 4.36. The molecule has 1 aromatic heterocycles. The van der Waals surface area contributed by atoms with E-state index in [0.29, 0.717) is 12.1 Å². The fourth-order valence-electron chi connectivity index (χ4n) is 3.02. The average Bonchev–Trinajstić information content (AvgIpc) is 2.70. The van der Waals surface area contributed by atoms with Crippen molar-refractivity contribution in [2.24, 2.45) is 0 Å². The van der Waals surface area contributed by atoms with Crippen LogP contribution >= 0.6 is 0 Å². The van der Waals surface area contributed by atoms with Crippen LogP contribution in [0.3, 0.4) is 0 Å². The molecule has 4 aromatic rings. The van der Waals surface area contributed by atoms with E-state index in [1.165, 1.54) is 0 Å². The molecule has 0 atom stereocenters. The Hall–Kier alpha value is -3.56. The molecule has 0 aliphatic rings. The van der Waals surface area contributed by atoms with Crippen molar-refractivity contribution >= 4 is 10.8 Å². The molecule has 0 saturated carbocycles. The van der Waals surface area contributed by atoms with Crippen LogP contribution in [0, 0.1) is 46.5 Å². The van der Waals surface area contributed by atoms with Gasteiger partial charge in [-0.1, -0.05) is 0 Å². The Morgan fingerprint density at radius 3 is 1.17 bits per heavy atom. The predicted molar refractivity (Wildman–Crippen MR) is 90.1 cm³/mol. The maximum Gasteiger partial charge on any atom is 0.198 e.